The number of halogens is 1. The van der Waals surface area contributed by atoms with E-state index in [1.807, 2.05) is 38.1 Å². The van der Waals surface area contributed by atoms with Crippen LogP contribution in [0.25, 0.3) is 0 Å². The number of Topliss-reactive ketones (excluding diaryl/α,β-unsaturated/α-hetero) is 1. The molecule has 0 atom stereocenters. The smallest absolute Gasteiger partial charge is 0.178 e. The summed E-state index contributed by atoms with van der Waals surface area (Å²) in [4.78, 5) is 29.3. The molecule has 3 aromatic rings. The van der Waals surface area contributed by atoms with Crippen LogP contribution in [0.2, 0.25) is 5.02 Å². The number of carbonyl (C=O) groups is 1. The Balaban J connectivity index is 1.48. The van der Waals surface area contributed by atoms with Crippen molar-refractivity contribution in [1.29, 1.82) is 0 Å². The van der Waals surface area contributed by atoms with Gasteiger partial charge in [0.15, 0.2) is 5.78 Å². The van der Waals surface area contributed by atoms with E-state index in [0.717, 1.165) is 59.6 Å². The van der Waals surface area contributed by atoms with E-state index in [9.17, 15) is 4.79 Å². The van der Waals surface area contributed by atoms with E-state index in [4.69, 9.17) is 11.6 Å². The fraction of sp³-hybridized carbons (Fsp3) is 0.364. The molecule has 0 spiro atoms. The van der Waals surface area contributed by atoms with Crippen LogP contribution in [-0.2, 0) is 12.8 Å². The van der Waals surface area contributed by atoms with Gasteiger partial charge < -0.3 is 10.2 Å². The average Bonchev–Trinajstić information content (AvgIpc) is 3.19. The molecular formula is C22H24ClN5OS. The number of nitrogens with zero attached hydrogens (tertiary/aromatic N) is 4. The van der Waals surface area contributed by atoms with Crippen LogP contribution >= 0.6 is 22.9 Å². The van der Waals surface area contributed by atoms with Gasteiger partial charge in [0, 0.05) is 56.3 Å². The predicted octanol–water partition coefficient (Wildman–Crippen LogP) is 3.63. The van der Waals surface area contributed by atoms with Crippen LogP contribution in [-0.4, -0.2) is 46.9 Å². The Morgan fingerprint density at radius 3 is 2.80 bits per heavy atom. The number of hydrogen-bond donors (Lipinski definition) is 1. The molecule has 4 rings (SSSR count). The monoisotopic (exact) mass is 441 g/mol. The van der Waals surface area contributed by atoms with Gasteiger partial charge in [0.05, 0.1) is 15.6 Å². The maximum absolute atomic E-state index is 12.8. The molecule has 1 saturated heterocycles. The summed E-state index contributed by atoms with van der Waals surface area (Å²) >= 11 is 7.71. The average molecular weight is 442 g/mol. The van der Waals surface area contributed by atoms with E-state index in [2.05, 4.69) is 25.2 Å². The number of anilines is 1. The lowest BCUT2D eigenvalue weighted by atomic mass is 10.0. The van der Waals surface area contributed by atoms with Gasteiger partial charge in [-0.3, -0.25) is 4.79 Å². The summed E-state index contributed by atoms with van der Waals surface area (Å²) in [5, 5.41) is 4.86. The number of nitrogens with one attached hydrogen (secondary N) is 1. The summed E-state index contributed by atoms with van der Waals surface area (Å²) < 4.78 is 0. The first-order chi connectivity index (χ1) is 14.5. The first-order valence-electron chi connectivity index (χ1n) is 10.0. The third-order valence-electron chi connectivity index (χ3n) is 5.17. The molecule has 1 fully saturated rings. The number of benzene rings is 1. The van der Waals surface area contributed by atoms with E-state index >= 15 is 0 Å². The molecule has 0 radical (unpaired) electrons. The number of thiazole rings is 1. The minimum atomic E-state index is 0.0373. The Hall–Kier alpha value is -2.35. The van der Waals surface area contributed by atoms with Crippen molar-refractivity contribution in [2.24, 2.45) is 0 Å². The maximum atomic E-state index is 12.8. The van der Waals surface area contributed by atoms with Gasteiger partial charge in [-0.05, 0) is 31.0 Å². The zero-order valence-electron chi connectivity index (χ0n) is 17.1. The maximum Gasteiger partial charge on any atom is 0.178 e. The summed E-state index contributed by atoms with van der Waals surface area (Å²) in [6.07, 6.45) is 2.54. The van der Waals surface area contributed by atoms with Crippen molar-refractivity contribution in [3.8, 4) is 0 Å². The van der Waals surface area contributed by atoms with Gasteiger partial charge in [-0.15, -0.1) is 11.3 Å². The minimum Gasteiger partial charge on any atom is -0.354 e. The third kappa shape index (κ3) is 4.86. The lowest BCUT2D eigenvalue weighted by molar-refractivity contribution is 0.0996. The van der Waals surface area contributed by atoms with Crippen molar-refractivity contribution in [3.05, 3.63) is 68.0 Å². The van der Waals surface area contributed by atoms with Crippen LogP contribution in [0.15, 0.2) is 30.5 Å². The molecule has 6 nitrogen and oxygen atoms in total. The fourth-order valence-electron chi connectivity index (χ4n) is 3.57. The van der Waals surface area contributed by atoms with Crippen molar-refractivity contribution < 1.29 is 4.79 Å². The van der Waals surface area contributed by atoms with Crippen LogP contribution < -0.4 is 10.2 Å². The quantitative estimate of drug-likeness (QED) is 0.589. The molecule has 0 saturated carbocycles. The number of hydrogen-bond acceptors (Lipinski definition) is 7. The van der Waals surface area contributed by atoms with E-state index in [1.165, 1.54) is 11.3 Å². The molecule has 0 unspecified atom stereocenters. The first-order valence-corrected chi connectivity index (χ1v) is 11.2. The molecular weight excluding hydrogens is 418 g/mol. The number of aryl methyl sites for hydroxylation is 2. The van der Waals surface area contributed by atoms with Crippen LogP contribution in [0.1, 0.15) is 37.3 Å². The summed E-state index contributed by atoms with van der Waals surface area (Å²) in [6, 6.07) is 7.73. The third-order valence-corrected chi connectivity index (χ3v) is 6.56. The van der Waals surface area contributed by atoms with E-state index < -0.39 is 0 Å². The number of carbonyl (C=O) groups excluding carboxylic acids is 1. The highest BCUT2D eigenvalue weighted by Crippen LogP contribution is 2.24. The van der Waals surface area contributed by atoms with Crippen molar-refractivity contribution in [2.45, 2.75) is 26.7 Å². The highest BCUT2D eigenvalue weighted by molar-refractivity contribution is 7.13. The summed E-state index contributed by atoms with van der Waals surface area (Å²) in [6.45, 7) is 7.68. The molecule has 1 aliphatic rings. The molecule has 2 aromatic heterocycles. The SMILES string of the molecule is Cc1nc(Cc2ncc(C(=O)Cc3c(C)cccc3Cl)s2)cc(N2CCNCC2)n1. The molecule has 1 N–H and O–H groups in total. The van der Waals surface area contributed by atoms with Crippen LogP contribution in [0.3, 0.4) is 0 Å². The lowest BCUT2D eigenvalue weighted by Gasteiger charge is -2.28. The Morgan fingerprint density at radius 1 is 1.23 bits per heavy atom. The van der Waals surface area contributed by atoms with E-state index in [-0.39, 0.29) is 12.2 Å². The summed E-state index contributed by atoms with van der Waals surface area (Å²) in [5.41, 5.74) is 2.83. The van der Waals surface area contributed by atoms with Crippen LogP contribution in [0.5, 0.6) is 0 Å². The topological polar surface area (TPSA) is 71.0 Å². The lowest BCUT2D eigenvalue weighted by Crippen LogP contribution is -2.44. The number of ketones is 1. The summed E-state index contributed by atoms with van der Waals surface area (Å²) in [5.74, 6) is 1.75. The van der Waals surface area contributed by atoms with Gasteiger partial charge in [-0.25, -0.2) is 15.0 Å². The Kier molecular flexibility index (Phi) is 6.41. The largest absolute Gasteiger partial charge is 0.354 e. The van der Waals surface area contributed by atoms with Gasteiger partial charge in [0.1, 0.15) is 11.6 Å². The Bertz CT molecular complexity index is 1040. The fourth-order valence-corrected chi connectivity index (χ4v) is 4.73. The van der Waals surface area contributed by atoms with Crippen molar-refractivity contribution in [2.75, 3.05) is 31.1 Å². The molecule has 8 heteroatoms. The molecule has 1 aliphatic heterocycles. The van der Waals surface area contributed by atoms with E-state index in [0.29, 0.717) is 16.3 Å². The second-order valence-electron chi connectivity index (χ2n) is 7.43. The molecule has 3 heterocycles. The second kappa shape index (κ2) is 9.20. The van der Waals surface area contributed by atoms with Crippen molar-refractivity contribution in [1.82, 2.24) is 20.3 Å². The van der Waals surface area contributed by atoms with Gasteiger partial charge in [0.25, 0.3) is 0 Å². The number of rotatable bonds is 6. The molecule has 0 aliphatic carbocycles. The van der Waals surface area contributed by atoms with Crippen molar-refractivity contribution >= 4 is 34.5 Å². The van der Waals surface area contributed by atoms with Gasteiger partial charge in [0.2, 0.25) is 0 Å². The first kappa shape index (κ1) is 20.9. The second-order valence-corrected chi connectivity index (χ2v) is 8.95. The number of piperazine rings is 1. The van der Waals surface area contributed by atoms with Crippen LogP contribution in [0, 0.1) is 13.8 Å². The highest BCUT2D eigenvalue weighted by atomic mass is 35.5. The minimum absolute atomic E-state index is 0.0373. The molecule has 156 valence electrons. The van der Waals surface area contributed by atoms with Gasteiger partial charge in [-0.2, -0.15) is 0 Å². The van der Waals surface area contributed by atoms with Crippen molar-refractivity contribution in [3.63, 3.8) is 0 Å². The summed E-state index contributed by atoms with van der Waals surface area (Å²) in [7, 11) is 0. The molecule has 0 bridgehead atoms. The molecule has 30 heavy (non-hydrogen) atoms. The van der Waals surface area contributed by atoms with Gasteiger partial charge >= 0.3 is 0 Å². The Morgan fingerprint density at radius 2 is 2.03 bits per heavy atom. The normalized spacial score (nSPS) is 14.2. The standard InChI is InChI=1S/C22H24ClN5OS/c1-14-4-3-5-18(23)17(14)12-19(29)20-13-25-22(30-20)11-16-10-21(27-15(2)26-16)28-8-6-24-7-9-28/h3-5,10,13,24H,6-9,11-12H2,1-2H3. The van der Waals surface area contributed by atoms with Crippen LogP contribution in [0.4, 0.5) is 5.82 Å². The molecule has 0 amide bonds. The van der Waals surface area contributed by atoms with E-state index in [1.54, 1.807) is 6.20 Å². The zero-order valence-corrected chi connectivity index (χ0v) is 18.7. The Labute approximate surface area is 185 Å². The molecule has 1 aromatic carbocycles. The predicted molar refractivity (Wildman–Crippen MR) is 121 cm³/mol. The van der Waals surface area contributed by atoms with Gasteiger partial charge in [-0.1, -0.05) is 23.7 Å². The zero-order chi connectivity index (χ0) is 21.1. The number of aromatic nitrogens is 3. The highest BCUT2D eigenvalue weighted by Gasteiger charge is 2.17.